The van der Waals surface area contributed by atoms with E-state index in [1.54, 1.807) is 0 Å². The first-order valence-electron chi connectivity index (χ1n) is 9.82. The molecule has 2 heteroatoms. The molecule has 3 rings (SSSR count). The molecule has 0 N–H and O–H groups in total. The molecule has 1 aromatic carbocycles. The lowest BCUT2D eigenvalue weighted by molar-refractivity contribution is -0.0982. The van der Waals surface area contributed by atoms with Crippen molar-refractivity contribution in [1.29, 1.82) is 0 Å². The molecule has 0 atom stereocenters. The van der Waals surface area contributed by atoms with Crippen LogP contribution in [0.1, 0.15) is 91.3 Å². The van der Waals surface area contributed by atoms with Crippen molar-refractivity contribution in [1.82, 2.24) is 0 Å². The summed E-state index contributed by atoms with van der Waals surface area (Å²) in [5.74, 6) is 0.253. The molecule has 0 aromatic heterocycles. The number of Topliss-reactive ketones (excluding diaryl/α,β-unsaturated/α-hetero) is 1. The van der Waals surface area contributed by atoms with Gasteiger partial charge in [-0.1, -0.05) is 56.2 Å². The van der Waals surface area contributed by atoms with Gasteiger partial charge in [-0.15, -0.1) is 0 Å². The van der Waals surface area contributed by atoms with Crippen molar-refractivity contribution in [3.8, 4) is 0 Å². The van der Waals surface area contributed by atoms with Crippen molar-refractivity contribution in [2.24, 2.45) is 0 Å². The topological polar surface area (TPSA) is 26.3 Å². The third-order valence-corrected chi connectivity index (χ3v) is 5.92. The van der Waals surface area contributed by atoms with Crippen LogP contribution < -0.4 is 0 Å². The Balaban J connectivity index is 1.91. The van der Waals surface area contributed by atoms with Gasteiger partial charge in [-0.05, 0) is 57.6 Å². The van der Waals surface area contributed by atoms with Gasteiger partial charge in [0.1, 0.15) is 5.60 Å². The van der Waals surface area contributed by atoms with Crippen LogP contribution in [0.2, 0.25) is 0 Å². The summed E-state index contributed by atoms with van der Waals surface area (Å²) < 4.78 is 6.63. The minimum atomic E-state index is -0.564. The molecule has 0 unspecified atom stereocenters. The molecule has 2 fully saturated rings. The number of benzene rings is 1. The summed E-state index contributed by atoms with van der Waals surface area (Å²) in [6.07, 6.45) is 11.6. The molecule has 1 aromatic rings. The lowest BCUT2D eigenvalue weighted by atomic mass is 9.77. The van der Waals surface area contributed by atoms with Gasteiger partial charge < -0.3 is 4.74 Å². The first-order valence-corrected chi connectivity index (χ1v) is 9.82. The van der Waals surface area contributed by atoms with Crippen molar-refractivity contribution in [3.05, 3.63) is 34.4 Å². The van der Waals surface area contributed by atoms with Gasteiger partial charge in [0.25, 0.3) is 0 Å². The molecule has 0 radical (unpaired) electrons. The highest BCUT2D eigenvalue weighted by molar-refractivity contribution is 6.05. The van der Waals surface area contributed by atoms with Crippen LogP contribution >= 0.6 is 0 Å². The van der Waals surface area contributed by atoms with Crippen LogP contribution in [0.5, 0.6) is 0 Å². The van der Waals surface area contributed by atoms with Crippen molar-refractivity contribution < 1.29 is 9.53 Å². The fourth-order valence-electron chi connectivity index (χ4n) is 4.79. The Labute approximate surface area is 147 Å². The number of carbonyl (C=O) groups is 1. The van der Waals surface area contributed by atoms with Gasteiger partial charge in [-0.3, -0.25) is 4.79 Å². The maximum atomic E-state index is 13.6. The van der Waals surface area contributed by atoms with Crippen molar-refractivity contribution >= 4 is 5.78 Å². The van der Waals surface area contributed by atoms with E-state index in [9.17, 15) is 4.79 Å². The molecule has 0 aliphatic heterocycles. The normalized spacial score (nSPS) is 21.6. The highest BCUT2D eigenvalue weighted by Crippen LogP contribution is 2.39. The predicted molar refractivity (Wildman–Crippen MR) is 98.8 cm³/mol. The molecule has 0 amide bonds. The molecular weight excluding hydrogens is 296 g/mol. The highest BCUT2D eigenvalue weighted by Gasteiger charge is 2.43. The third-order valence-electron chi connectivity index (χ3n) is 5.92. The van der Waals surface area contributed by atoms with Crippen LogP contribution in [0.25, 0.3) is 0 Å². The molecule has 2 aliphatic rings. The van der Waals surface area contributed by atoms with E-state index in [0.717, 1.165) is 55.2 Å². The largest absolute Gasteiger partial charge is 0.364 e. The second kappa shape index (κ2) is 7.39. The first kappa shape index (κ1) is 17.7. The summed E-state index contributed by atoms with van der Waals surface area (Å²) in [6, 6.07) is 4.27. The van der Waals surface area contributed by atoms with Crippen LogP contribution in [0, 0.1) is 20.8 Å². The second-order valence-corrected chi connectivity index (χ2v) is 8.04. The Kier molecular flexibility index (Phi) is 5.44. The smallest absolute Gasteiger partial charge is 0.195 e. The average molecular weight is 328 g/mol. The standard InChI is InChI=1S/C22H32O2/c1-16-14-17(2)20(18(3)15-16)21(23)22(12-8-5-9-13-22)24-19-10-6-4-7-11-19/h14-15,19H,4-13H2,1-3H3. The van der Waals surface area contributed by atoms with E-state index >= 15 is 0 Å². The third kappa shape index (κ3) is 3.59. The Bertz CT molecular complexity index is 567. The van der Waals surface area contributed by atoms with E-state index in [2.05, 4.69) is 32.9 Å². The maximum Gasteiger partial charge on any atom is 0.195 e. The van der Waals surface area contributed by atoms with Crippen LogP contribution in [-0.4, -0.2) is 17.5 Å². The number of hydrogen-bond donors (Lipinski definition) is 0. The Morgan fingerprint density at radius 1 is 0.917 bits per heavy atom. The van der Waals surface area contributed by atoms with Crippen LogP contribution in [0.15, 0.2) is 12.1 Å². The second-order valence-electron chi connectivity index (χ2n) is 8.04. The molecule has 0 bridgehead atoms. The lowest BCUT2D eigenvalue weighted by Crippen LogP contribution is -2.47. The summed E-state index contributed by atoms with van der Waals surface area (Å²) in [5.41, 5.74) is 3.79. The first-order chi connectivity index (χ1) is 11.5. The van der Waals surface area contributed by atoms with Crippen molar-refractivity contribution in [3.63, 3.8) is 0 Å². The molecule has 132 valence electrons. The minimum Gasteiger partial charge on any atom is -0.364 e. The van der Waals surface area contributed by atoms with Gasteiger partial charge in [0.15, 0.2) is 5.78 Å². The zero-order valence-electron chi connectivity index (χ0n) is 15.6. The molecule has 0 spiro atoms. The quantitative estimate of drug-likeness (QED) is 0.648. The summed E-state index contributed by atoms with van der Waals surface area (Å²) in [5, 5.41) is 0. The zero-order valence-corrected chi connectivity index (χ0v) is 15.6. The lowest BCUT2D eigenvalue weighted by Gasteiger charge is -2.40. The summed E-state index contributed by atoms with van der Waals surface area (Å²) >= 11 is 0. The number of ketones is 1. The predicted octanol–water partition coefficient (Wildman–Crippen LogP) is 5.85. The zero-order chi connectivity index (χ0) is 17.2. The summed E-state index contributed by atoms with van der Waals surface area (Å²) in [6.45, 7) is 6.25. The number of carbonyl (C=O) groups excluding carboxylic acids is 1. The monoisotopic (exact) mass is 328 g/mol. The number of rotatable bonds is 4. The van der Waals surface area contributed by atoms with Gasteiger partial charge in [0.2, 0.25) is 0 Å². The van der Waals surface area contributed by atoms with Gasteiger partial charge in [0, 0.05) is 5.56 Å². The SMILES string of the molecule is Cc1cc(C)c(C(=O)C2(OC3CCCCC3)CCCCC2)c(C)c1. The van der Waals surface area contributed by atoms with Gasteiger partial charge >= 0.3 is 0 Å². The van der Waals surface area contributed by atoms with E-state index in [4.69, 9.17) is 4.74 Å². The maximum absolute atomic E-state index is 13.6. The fraction of sp³-hybridized carbons (Fsp3) is 0.682. The number of ether oxygens (including phenoxy) is 1. The van der Waals surface area contributed by atoms with E-state index in [1.807, 2.05) is 0 Å². The Morgan fingerprint density at radius 2 is 1.46 bits per heavy atom. The molecular formula is C22H32O2. The summed E-state index contributed by atoms with van der Waals surface area (Å²) in [4.78, 5) is 13.6. The van der Waals surface area contributed by atoms with E-state index < -0.39 is 5.60 Å². The van der Waals surface area contributed by atoms with Crippen LogP contribution in [0.4, 0.5) is 0 Å². The van der Waals surface area contributed by atoms with E-state index in [1.165, 1.54) is 31.2 Å². The fourth-order valence-corrected chi connectivity index (χ4v) is 4.79. The van der Waals surface area contributed by atoms with Crippen molar-refractivity contribution in [2.45, 2.75) is 96.7 Å². The highest BCUT2D eigenvalue weighted by atomic mass is 16.5. The van der Waals surface area contributed by atoms with E-state index in [0.29, 0.717) is 0 Å². The van der Waals surface area contributed by atoms with Crippen molar-refractivity contribution in [2.75, 3.05) is 0 Å². The van der Waals surface area contributed by atoms with E-state index in [-0.39, 0.29) is 11.9 Å². The number of aryl methyl sites for hydroxylation is 3. The van der Waals surface area contributed by atoms with Gasteiger partial charge in [0.05, 0.1) is 6.10 Å². The molecule has 2 aliphatic carbocycles. The molecule has 2 nitrogen and oxygen atoms in total. The summed E-state index contributed by atoms with van der Waals surface area (Å²) in [7, 11) is 0. The average Bonchev–Trinajstić information content (AvgIpc) is 2.55. The molecule has 2 saturated carbocycles. The van der Waals surface area contributed by atoms with Crippen LogP contribution in [-0.2, 0) is 4.74 Å². The molecule has 0 saturated heterocycles. The molecule has 0 heterocycles. The Hall–Kier alpha value is -1.15. The number of hydrogen-bond acceptors (Lipinski definition) is 2. The van der Waals surface area contributed by atoms with Crippen LogP contribution in [0.3, 0.4) is 0 Å². The minimum absolute atomic E-state index is 0.253. The van der Waals surface area contributed by atoms with Gasteiger partial charge in [-0.2, -0.15) is 0 Å². The molecule has 24 heavy (non-hydrogen) atoms. The van der Waals surface area contributed by atoms with Gasteiger partial charge in [-0.25, -0.2) is 0 Å². The Morgan fingerprint density at radius 3 is 2.04 bits per heavy atom.